The molecule has 1 fully saturated rings. The molecule has 9 nitrogen and oxygen atoms in total. The van der Waals surface area contributed by atoms with Gasteiger partial charge in [-0.05, 0) is 43.2 Å². The Morgan fingerprint density at radius 1 is 1.09 bits per heavy atom. The van der Waals surface area contributed by atoms with Gasteiger partial charge in [0, 0.05) is 18.8 Å². The van der Waals surface area contributed by atoms with Gasteiger partial charge in [-0.25, -0.2) is 13.2 Å². The zero-order valence-electron chi connectivity index (χ0n) is 17.0. The van der Waals surface area contributed by atoms with Gasteiger partial charge in [0.05, 0.1) is 15.5 Å². The number of anilines is 1. The average molecular weight is 481 g/mol. The highest BCUT2D eigenvalue weighted by molar-refractivity contribution is 7.89. The molecule has 2 aromatic carbocycles. The molecule has 0 aromatic heterocycles. The molecule has 0 aliphatic carbocycles. The third-order valence-electron chi connectivity index (χ3n) is 4.99. The average Bonchev–Trinajstić information content (AvgIpc) is 3.33. The summed E-state index contributed by atoms with van der Waals surface area (Å²) in [6, 6.07) is 8.78. The van der Waals surface area contributed by atoms with Gasteiger partial charge in [0.2, 0.25) is 10.0 Å². The van der Waals surface area contributed by atoms with Gasteiger partial charge in [-0.15, -0.1) is 0 Å². The van der Waals surface area contributed by atoms with Crippen LogP contribution in [-0.4, -0.2) is 57.5 Å². The second-order valence-electron chi connectivity index (χ2n) is 7.25. The minimum absolute atomic E-state index is 0.0973. The van der Waals surface area contributed by atoms with Crippen LogP contribution >= 0.6 is 11.6 Å². The Hall–Kier alpha value is -2.82. The van der Waals surface area contributed by atoms with Gasteiger partial charge in [0.25, 0.3) is 5.91 Å². The predicted octanol–water partition coefficient (Wildman–Crippen LogP) is 2.69. The summed E-state index contributed by atoms with van der Waals surface area (Å²) < 4.78 is 42.7. The molecule has 1 N–H and O–H groups in total. The molecule has 1 saturated heterocycles. The number of esters is 1. The number of rotatable bonds is 6. The molecular weight excluding hydrogens is 460 g/mol. The van der Waals surface area contributed by atoms with E-state index in [1.807, 2.05) is 0 Å². The van der Waals surface area contributed by atoms with E-state index in [-0.39, 0.29) is 21.2 Å². The Balaban J connectivity index is 1.37. The number of nitrogens with one attached hydrogen (secondary N) is 1. The van der Waals surface area contributed by atoms with Crippen LogP contribution in [0.15, 0.2) is 41.3 Å². The van der Waals surface area contributed by atoms with E-state index in [9.17, 15) is 18.0 Å². The minimum atomic E-state index is -3.61. The topological polar surface area (TPSA) is 111 Å². The molecule has 11 heteroatoms. The minimum Gasteiger partial charge on any atom is -0.486 e. The first-order chi connectivity index (χ1) is 15.3. The fourth-order valence-corrected chi connectivity index (χ4v) is 5.28. The highest BCUT2D eigenvalue weighted by Crippen LogP contribution is 2.38. The summed E-state index contributed by atoms with van der Waals surface area (Å²) in [5.74, 6) is -0.686. The molecule has 0 atom stereocenters. The molecule has 1 amide bonds. The molecule has 0 saturated carbocycles. The summed E-state index contributed by atoms with van der Waals surface area (Å²) in [6.07, 6.45) is 1.66. The number of benzene rings is 2. The first-order valence-corrected chi connectivity index (χ1v) is 11.8. The Morgan fingerprint density at radius 3 is 2.62 bits per heavy atom. The maximum Gasteiger partial charge on any atom is 0.338 e. The standard InChI is InChI=1S/C21H21ClN2O7S/c22-17-10-14(11-18-20(17)30-9-8-29-18)21(26)31-13-19(25)23-15-4-3-5-16(12-15)32(27,28)24-6-1-2-7-24/h3-5,10-12H,1-2,6-9,13H2,(H,23,25). The Labute approximate surface area is 190 Å². The van der Waals surface area contributed by atoms with Crippen LogP contribution in [0.5, 0.6) is 11.5 Å². The molecule has 32 heavy (non-hydrogen) atoms. The van der Waals surface area contributed by atoms with E-state index in [4.69, 9.17) is 25.8 Å². The number of fused-ring (bicyclic) bond motifs is 1. The Morgan fingerprint density at radius 2 is 1.84 bits per heavy atom. The van der Waals surface area contributed by atoms with Crippen molar-refractivity contribution in [2.24, 2.45) is 0 Å². The van der Waals surface area contributed by atoms with Crippen molar-refractivity contribution in [3.63, 3.8) is 0 Å². The van der Waals surface area contributed by atoms with Crippen LogP contribution in [0.25, 0.3) is 0 Å². The number of ether oxygens (including phenoxy) is 3. The molecule has 2 aliphatic heterocycles. The predicted molar refractivity (Wildman–Crippen MR) is 116 cm³/mol. The van der Waals surface area contributed by atoms with Gasteiger partial charge in [-0.2, -0.15) is 4.31 Å². The number of sulfonamides is 1. The fraction of sp³-hybridized carbons (Fsp3) is 0.333. The van der Waals surface area contributed by atoms with Crippen molar-refractivity contribution >= 4 is 39.2 Å². The van der Waals surface area contributed by atoms with Crippen molar-refractivity contribution in [3.05, 3.63) is 47.0 Å². The van der Waals surface area contributed by atoms with Crippen molar-refractivity contribution in [1.29, 1.82) is 0 Å². The zero-order chi connectivity index (χ0) is 22.7. The molecule has 170 valence electrons. The first kappa shape index (κ1) is 22.4. The Kier molecular flexibility index (Phi) is 6.54. The summed E-state index contributed by atoms with van der Waals surface area (Å²) in [5.41, 5.74) is 0.402. The highest BCUT2D eigenvalue weighted by Gasteiger charge is 2.27. The molecule has 2 heterocycles. The summed E-state index contributed by atoms with van der Waals surface area (Å²) in [6.45, 7) is 1.10. The zero-order valence-corrected chi connectivity index (χ0v) is 18.6. The lowest BCUT2D eigenvalue weighted by molar-refractivity contribution is -0.119. The Bertz CT molecular complexity index is 1150. The number of nitrogens with zero attached hydrogens (tertiary/aromatic N) is 1. The van der Waals surface area contributed by atoms with Crippen LogP contribution in [-0.2, 0) is 19.6 Å². The summed E-state index contributed by atoms with van der Waals surface area (Å²) in [4.78, 5) is 24.7. The van der Waals surface area contributed by atoms with Crippen LogP contribution in [0.4, 0.5) is 5.69 Å². The fourth-order valence-electron chi connectivity index (χ4n) is 3.45. The lowest BCUT2D eigenvalue weighted by Gasteiger charge is -2.20. The van der Waals surface area contributed by atoms with Crippen LogP contribution in [0, 0.1) is 0 Å². The summed E-state index contributed by atoms with van der Waals surface area (Å²) in [5, 5.41) is 2.75. The number of carbonyl (C=O) groups excluding carboxylic acids is 2. The molecule has 0 spiro atoms. The lowest BCUT2D eigenvalue weighted by atomic mass is 10.2. The van der Waals surface area contributed by atoms with Crippen molar-refractivity contribution in [1.82, 2.24) is 4.31 Å². The van der Waals surface area contributed by atoms with Gasteiger partial charge in [-0.3, -0.25) is 4.79 Å². The highest BCUT2D eigenvalue weighted by atomic mass is 35.5. The van der Waals surface area contributed by atoms with Gasteiger partial charge in [0.15, 0.2) is 18.1 Å². The molecular formula is C21H21ClN2O7S. The van der Waals surface area contributed by atoms with E-state index in [0.29, 0.717) is 37.8 Å². The second-order valence-corrected chi connectivity index (χ2v) is 9.59. The van der Waals surface area contributed by atoms with E-state index in [1.54, 1.807) is 12.1 Å². The summed E-state index contributed by atoms with van der Waals surface area (Å²) in [7, 11) is -3.61. The van der Waals surface area contributed by atoms with E-state index in [2.05, 4.69) is 5.32 Å². The number of hydrogen-bond acceptors (Lipinski definition) is 7. The molecule has 2 aliphatic rings. The molecule has 2 aromatic rings. The first-order valence-electron chi connectivity index (χ1n) is 10.0. The van der Waals surface area contributed by atoms with Crippen LogP contribution in [0.2, 0.25) is 5.02 Å². The van der Waals surface area contributed by atoms with Gasteiger partial charge < -0.3 is 19.5 Å². The van der Waals surface area contributed by atoms with Crippen LogP contribution in [0.1, 0.15) is 23.2 Å². The SMILES string of the molecule is O=C(COC(=O)c1cc(Cl)c2c(c1)OCCO2)Nc1cccc(S(=O)(=O)N2CCCC2)c1. The van der Waals surface area contributed by atoms with Crippen molar-refractivity contribution < 1.29 is 32.2 Å². The number of amides is 1. The van der Waals surface area contributed by atoms with Crippen molar-refractivity contribution in [2.75, 3.05) is 38.2 Å². The van der Waals surface area contributed by atoms with Crippen molar-refractivity contribution in [2.45, 2.75) is 17.7 Å². The molecule has 0 bridgehead atoms. The molecule has 0 unspecified atom stereocenters. The molecule has 0 radical (unpaired) electrons. The maximum absolute atomic E-state index is 12.7. The number of halogens is 1. The normalized spacial score (nSPS) is 15.9. The van der Waals surface area contributed by atoms with Crippen LogP contribution in [0.3, 0.4) is 0 Å². The third kappa shape index (κ3) is 4.82. The monoisotopic (exact) mass is 480 g/mol. The third-order valence-corrected chi connectivity index (χ3v) is 7.16. The van der Waals surface area contributed by atoms with E-state index in [0.717, 1.165) is 12.8 Å². The van der Waals surface area contributed by atoms with E-state index in [1.165, 1.54) is 28.6 Å². The smallest absolute Gasteiger partial charge is 0.338 e. The van der Waals surface area contributed by atoms with Gasteiger partial charge in [0.1, 0.15) is 13.2 Å². The number of hydrogen-bond donors (Lipinski definition) is 1. The van der Waals surface area contributed by atoms with Gasteiger partial charge >= 0.3 is 5.97 Å². The lowest BCUT2D eigenvalue weighted by Crippen LogP contribution is -2.28. The van der Waals surface area contributed by atoms with E-state index >= 15 is 0 Å². The van der Waals surface area contributed by atoms with Crippen LogP contribution < -0.4 is 14.8 Å². The van der Waals surface area contributed by atoms with E-state index < -0.39 is 28.5 Å². The quantitative estimate of drug-likeness (QED) is 0.632. The second kappa shape index (κ2) is 9.35. The van der Waals surface area contributed by atoms with Crippen molar-refractivity contribution in [3.8, 4) is 11.5 Å². The maximum atomic E-state index is 12.7. The van der Waals surface area contributed by atoms with Gasteiger partial charge in [-0.1, -0.05) is 17.7 Å². The molecule has 4 rings (SSSR count). The number of carbonyl (C=O) groups is 2. The summed E-state index contributed by atoms with van der Waals surface area (Å²) >= 11 is 6.12. The largest absolute Gasteiger partial charge is 0.486 e.